The molecule has 0 spiro atoms. The fraction of sp³-hybridized carbons (Fsp3) is 0.889. The van der Waals surface area contributed by atoms with E-state index in [1.807, 2.05) is 0 Å². The molecule has 1 heterocycles. The van der Waals surface area contributed by atoms with Gasteiger partial charge in [0.2, 0.25) is 5.91 Å². The summed E-state index contributed by atoms with van der Waals surface area (Å²) in [4.78, 5) is 11.9. The van der Waals surface area contributed by atoms with Crippen LogP contribution in [0.5, 0.6) is 0 Å². The molecule has 1 fully saturated rings. The van der Waals surface area contributed by atoms with Crippen LogP contribution in [0.3, 0.4) is 0 Å². The first-order valence-electron chi connectivity index (χ1n) is 4.88. The van der Waals surface area contributed by atoms with Crippen LogP contribution in [0, 0.1) is 5.92 Å². The molecule has 0 saturated carbocycles. The van der Waals surface area contributed by atoms with Gasteiger partial charge in [-0.3, -0.25) is 4.79 Å². The molecule has 0 aromatic rings. The highest BCUT2D eigenvalue weighted by Gasteiger charge is 2.64. The zero-order chi connectivity index (χ0) is 12.7. The highest BCUT2D eigenvalue weighted by Crippen LogP contribution is 2.41. The fourth-order valence-electron chi connectivity index (χ4n) is 1.42. The topological polar surface area (TPSA) is 46.3 Å². The summed E-state index contributed by atoms with van der Waals surface area (Å²) in [6.07, 6.45) is 0. The van der Waals surface area contributed by atoms with E-state index in [4.69, 9.17) is 5.73 Å². The predicted molar refractivity (Wildman–Crippen MR) is 49.3 cm³/mol. The number of carbonyl (C=O) groups is 1. The molecular weight excluding hydrogens is 228 g/mol. The molecule has 0 aromatic heterocycles. The van der Waals surface area contributed by atoms with E-state index in [1.54, 1.807) is 13.8 Å². The second kappa shape index (κ2) is 3.87. The molecule has 16 heavy (non-hydrogen) atoms. The van der Waals surface area contributed by atoms with Crippen LogP contribution < -0.4 is 5.73 Å². The summed E-state index contributed by atoms with van der Waals surface area (Å²) in [5, 5.41) is 0. The minimum absolute atomic E-state index is 0.282. The first-order chi connectivity index (χ1) is 7.08. The Balaban J connectivity index is 2.77. The van der Waals surface area contributed by atoms with Gasteiger partial charge in [-0.15, -0.1) is 0 Å². The number of hydrogen-bond donors (Lipinski definition) is 1. The number of nitrogens with two attached hydrogens (primary N) is 1. The van der Waals surface area contributed by atoms with Crippen LogP contribution >= 0.6 is 0 Å². The lowest BCUT2D eigenvalue weighted by molar-refractivity contribution is -0.172. The van der Waals surface area contributed by atoms with Gasteiger partial charge in [-0.25, -0.2) is 0 Å². The van der Waals surface area contributed by atoms with Crippen LogP contribution in [0.1, 0.15) is 13.8 Å². The van der Waals surface area contributed by atoms with Gasteiger partial charge < -0.3 is 10.6 Å². The van der Waals surface area contributed by atoms with E-state index >= 15 is 0 Å². The summed E-state index contributed by atoms with van der Waals surface area (Å²) in [6.45, 7) is 0.711. The SMILES string of the molecule is CC(C)C(N)C(=O)N1CC(F)(F)C(F)(F)C1. The average molecular weight is 242 g/mol. The molecule has 0 bridgehead atoms. The van der Waals surface area contributed by atoms with Gasteiger partial charge in [0.15, 0.2) is 0 Å². The first-order valence-corrected chi connectivity index (χ1v) is 4.88. The second-order valence-corrected chi connectivity index (χ2v) is 4.37. The molecule has 1 aliphatic rings. The number of alkyl halides is 4. The smallest absolute Gasteiger partial charge is 0.329 e. The molecule has 1 aliphatic heterocycles. The first kappa shape index (κ1) is 13.2. The average Bonchev–Trinajstić information content (AvgIpc) is 2.33. The van der Waals surface area contributed by atoms with E-state index in [0.717, 1.165) is 0 Å². The third-order valence-electron chi connectivity index (χ3n) is 2.63. The normalized spacial score (nSPS) is 24.9. The van der Waals surface area contributed by atoms with Crippen molar-refractivity contribution in [2.24, 2.45) is 11.7 Å². The maximum Gasteiger partial charge on any atom is 0.329 e. The van der Waals surface area contributed by atoms with Crippen molar-refractivity contribution in [3.8, 4) is 0 Å². The summed E-state index contributed by atoms with van der Waals surface area (Å²) < 4.78 is 51.2. The Morgan fingerprint density at radius 2 is 1.56 bits per heavy atom. The number of rotatable bonds is 2. The van der Waals surface area contributed by atoms with E-state index in [1.165, 1.54) is 0 Å². The molecule has 1 unspecified atom stereocenters. The van der Waals surface area contributed by atoms with Crippen molar-refractivity contribution in [2.75, 3.05) is 13.1 Å². The van der Waals surface area contributed by atoms with Crippen LogP contribution in [0.15, 0.2) is 0 Å². The largest absolute Gasteiger partial charge is 0.329 e. The highest BCUT2D eigenvalue weighted by molar-refractivity contribution is 5.82. The minimum Gasteiger partial charge on any atom is -0.329 e. The Hall–Kier alpha value is -0.850. The number of carbonyl (C=O) groups excluding carboxylic acids is 1. The minimum atomic E-state index is -4.17. The molecule has 94 valence electrons. The summed E-state index contributed by atoms with van der Waals surface area (Å²) in [7, 11) is 0. The van der Waals surface area contributed by atoms with E-state index in [-0.39, 0.29) is 5.92 Å². The highest BCUT2D eigenvalue weighted by atomic mass is 19.3. The molecule has 3 nitrogen and oxygen atoms in total. The van der Waals surface area contributed by atoms with E-state index in [0.29, 0.717) is 4.90 Å². The Morgan fingerprint density at radius 3 is 1.88 bits per heavy atom. The molecule has 0 aliphatic carbocycles. The molecule has 0 radical (unpaired) electrons. The van der Waals surface area contributed by atoms with Crippen molar-refractivity contribution < 1.29 is 22.4 Å². The molecule has 1 atom stereocenters. The van der Waals surface area contributed by atoms with Gasteiger partial charge in [0.05, 0.1) is 19.1 Å². The lowest BCUT2D eigenvalue weighted by Gasteiger charge is -2.22. The van der Waals surface area contributed by atoms with E-state index < -0.39 is 36.9 Å². The maximum atomic E-state index is 12.8. The number of nitrogens with zero attached hydrogens (tertiary/aromatic N) is 1. The van der Waals surface area contributed by atoms with Crippen molar-refractivity contribution in [2.45, 2.75) is 31.7 Å². The zero-order valence-electron chi connectivity index (χ0n) is 9.01. The van der Waals surface area contributed by atoms with Crippen molar-refractivity contribution in [3.63, 3.8) is 0 Å². The number of halogens is 4. The molecular formula is C9H14F4N2O. The number of amides is 1. The lowest BCUT2D eigenvalue weighted by Crippen LogP contribution is -2.46. The van der Waals surface area contributed by atoms with Crippen molar-refractivity contribution in [3.05, 3.63) is 0 Å². The van der Waals surface area contributed by atoms with Crippen molar-refractivity contribution in [1.82, 2.24) is 4.90 Å². The van der Waals surface area contributed by atoms with Crippen molar-refractivity contribution >= 4 is 5.91 Å². The van der Waals surface area contributed by atoms with Gasteiger partial charge in [-0.1, -0.05) is 13.8 Å². The monoisotopic (exact) mass is 242 g/mol. The number of hydrogen-bond acceptors (Lipinski definition) is 2. The third kappa shape index (κ3) is 2.14. The van der Waals surface area contributed by atoms with Crippen LogP contribution in [-0.2, 0) is 4.79 Å². The van der Waals surface area contributed by atoms with Gasteiger partial charge in [-0.2, -0.15) is 17.6 Å². The summed E-state index contributed by atoms with van der Waals surface area (Å²) in [6, 6.07) is -1.02. The number of likely N-dealkylation sites (tertiary alicyclic amines) is 1. The van der Waals surface area contributed by atoms with Crippen molar-refractivity contribution in [1.29, 1.82) is 0 Å². The lowest BCUT2D eigenvalue weighted by atomic mass is 10.0. The van der Waals surface area contributed by atoms with Gasteiger partial charge >= 0.3 is 11.8 Å². The van der Waals surface area contributed by atoms with E-state index in [2.05, 4.69) is 0 Å². The molecule has 0 aromatic carbocycles. The van der Waals surface area contributed by atoms with Gasteiger partial charge in [-0.05, 0) is 5.92 Å². The third-order valence-corrected chi connectivity index (χ3v) is 2.63. The second-order valence-electron chi connectivity index (χ2n) is 4.37. The Kier molecular flexibility index (Phi) is 3.20. The standard InChI is InChI=1S/C9H14F4N2O/c1-5(2)6(14)7(16)15-3-8(10,11)9(12,13)4-15/h5-6H,3-4,14H2,1-2H3. The van der Waals surface area contributed by atoms with Gasteiger partial charge in [0, 0.05) is 0 Å². The summed E-state index contributed by atoms with van der Waals surface area (Å²) in [5.41, 5.74) is 5.44. The molecule has 1 saturated heterocycles. The molecule has 7 heteroatoms. The Morgan fingerprint density at radius 1 is 1.19 bits per heavy atom. The van der Waals surface area contributed by atoms with Gasteiger partial charge in [0.1, 0.15) is 0 Å². The quantitative estimate of drug-likeness (QED) is 0.736. The summed E-state index contributed by atoms with van der Waals surface area (Å²) in [5.74, 6) is -9.47. The predicted octanol–water partition coefficient (Wildman–Crippen LogP) is 1.08. The maximum absolute atomic E-state index is 12.8. The summed E-state index contributed by atoms with van der Waals surface area (Å²) >= 11 is 0. The molecule has 1 rings (SSSR count). The van der Waals surface area contributed by atoms with Crippen LogP contribution in [0.2, 0.25) is 0 Å². The van der Waals surface area contributed by atoms with Crippen LogP contribution in [0.25, 0.3) is 0 Å². The van der Waals surface area contributed by atoms with Gasteiger partial charge in [0.25, 0.3) is 0 Å². The Bertz CT molecular complexity index is 277. The molecule has 2 N–H and O–H groups in total. The van der Waals surface area contributed by atoms with Crippen LogP contribution in [-0.4, -0.2) is 41.8 Å². The van der Waals surface area contributed by atoms with E-state index in [9.17, 15) is 22.4 Å². The zero-order valence-corrected chi connectivity index (χ0v) is 9.01. The fourth-order valence-corrected chi connectivity index (χ4v) is 1.42. The van der Waals surface area contributed by atoms with Crippen LogP contribution in [0.4, 0.5) is 17.6 Å². The molecule has 1 amide bonds. The Labute approximate surface area is 90.6 Å².